The Labute approximate surface area is 73.2 Å². The van der Waals surface area contributed by atoms with E-state index in [9.17, 15) is 5.11 Å². The molecule has 0 saturated carbocycles. The number of aliphatic hydroxyl groups excluding tert-OH is 2. The van der Waals surface area contributed by atoms with Crippen LogP contribution in [0.25, 0.3) is 0 Å². The van der Waals surface area contributed by atoms with Crippen LogP contribution in [0.5, 0.6) is 0 Å². The molecule has 0 aromatic rings. The topological polar surface area (TPSA) is 40.5 Å². The molecule has 2 nitrogen and oxygen atoms in total. The van der Waals surface area contributed by atoms with E-state index in [1.165, 1.54) is 0 Å². The van der Waals surface area contributed by atoms with Crippen molar-refractivity contribution < 1.29 is 10.2 Å². The zero-order chi connectivity index (χ0) is 8.69. The van der Waals surface area contributed by atoms with Crippen LogP contribution in [0.15, 0.2) is 0 Å². The standard InChI is InChI=1S/C8H17ClO2/c1-2-8(11)4-3-7(5-9)6-10/h7-8,10-11H,2-6H2,1H3. The van der Waals surface area contributed by atoms with E-state index in [2.05, 4.69) is 0 Å². The summed E-state index contributed by atoms with van der Waals surface area (Å²) in [5, 5.41) is 17.9. The molecular formula is C8H17ClO2. The molecule has 2 unspecified atom stereocenters. The number of aliphatic hydroxyl groups is 2. The lowest BCUT2D eigenvalue weighted by atomic mass is 10.0. The second-order valence-corrected chi connectivity index (χ2v) is 3.15. The van der Waals surface area contributed by atoms with Crippen LogP contribution in [-0.2, 0) is 0 Å². The lowest BCUT2D eigenvalue weighted by Crippen LogP contribution is -2.12. The maximum Gasteiger partial charge on any atom is 0.0537 e. The van der Waals surface area contributed by atoms with E-state index in [0.29, 0.717) is 5.88 Å². The Morgan fingerprint density at radius 1 is 1.36 bits per heavy atom. The second-order valence-electron chi connectivity index (χ2n) is 2.84. The van der Waals surface area contributed by atoms with E-state index < -0.39 is 0 Å². The van der Waals surface area contributed by atoms with Gasteiger partial charge in [0.25, 0.3) is 0 Å². The predicted molar refractivity (Wildman–Crippen MR) is 46.8 cm³/mol. The molecule has 0 aliphatic heterocycles. The Bertz CT molecular complexity index is 84.2. The number of rotatable bonds is 6. The molecule has 0 aliphatic rings. The minimum Gasteiger partial charge on any atom is -0.396 e. The summed E-state index contributed by atoms with van der Waals surface area (Å²) < 4.78 is 0. The molecule has 2 N–H and O–H groups in total. The molecule has 0 bridgehead atoms. The molecule has 0 aliphatic carbocycles. The van der Waals surface area contributed by atoms with Crippen molar-refractivity contribution >= 4 is 11.6 Å². The first-order valence-corrected chi connectivity index (χ1v) is 4.62. The van der Waals surface area contributed by atoms with Crippen LogP contribution < -0.4 is 0 Å². The first-order valence-electron chi connectivity index (χ1n) is 4.09. The van der Waals surface area contributed by atoms with Crippen molar-refractivity contribution in [2.45, 2.75) is 32.3 Å². The third kappa shape index (κ3) is 5.48. The summed E-state index contributed by atoms with van der Waals surface area (Å²) in [6, 6.07) is 0. The highest BCUT2D eigenvalue weighted by atomic mass is 35.5. The molecule has 0 fully saturated rings. The summed E-state index contributed by atoms with van der Waals surface area (Å²) in [5.41, 5.74) is 0. The highest BCUT2D eigenvalue weighted by Crippen LogP contribution is 2.11. The molecule has 0 saturated heterocycles. The van der Waals surface area contributed by atoms with Gasteiger partial charge in [-0.15, -0.1) is 11.6 Å². The van der Waals surface area contributed by atoms with Crippen molar-refractivity contribution in [3.05, 3.63) is 0 Å². The molecular weight excluding hydrogens is 164 g/mol. The van der Waals surface area contributed by atoms with Crippen molar-refractivity contribution in [1.82, 2.24) is 0 Å². The summed E-state index contributed by atoms with van der Waals surface area (Å²) in [6.07, 6.45) is 2.11. The van der Waals surface area contributed by atoms with Gasteiger partial charge in [-0.1, -0.05) is 6.92 Å². The first kappa shape index (κ1) is 11.2. The molecule has 0 aromatic heterocycles. The summed E-state index contributed by atoms with van der Waals surface area (Å²) in [5.74, 6) is 0.630. The predicted octanol–water partition coefficient (Wildman–Crippen LogP) is 1.38. The van der Waals surface area contributed by atoms with E-state index in [4.69, 9.17) is 16.7 Å². The molecule has 0 rings (SSSR count). The third-order valence-corrected chi connectivity index (χ3v) is 2.29. The summed E-state index contributed by atoms with van der Waals surface area (Å²) in [7, 11) is 0. The maximum absolute atomic E-state index is 9.17. The Morgan fingerprint density at radius 2 is 2.00 bits per heavy atom. The largest absolute Gasteiger partial charge is 0.396 e. The Morgan fingerprint density at radius 3 is 2.36 bits per heavy atom. The van der Waals surface area contributed by atoms with Gasteiger partial charge in [-0.25, -0.2) is 0 Å². The molecule has 3 heteroatoms. The van der Waals surface area contributed by atoms with E-state index in [1.807, 2.05) is 6.92 Å². The Kier molecular flexibility index (Phi) is 7.02. The fraction of sp³-hybridized carbons (Fsp3) is 1.00. The number of hydrogen-bond donors (Lipinski definition) is 2. The van der Waals surface area contributed by atoms with Gasteiger partial charge in [-0.2, -0.15) is 0 Å². The van der Waals surface area contributed by atoms with E-state index in [0.717, 1.165) is 19.3 Å². The highest BCUT2D eigenvalue weighted by molar-refractivity contribution is 6.18. The number of halogens is 1. The summed E-state index contributed by atoms with van der Waals surface area (Å²) in [6.45, 7) is 2.07. The van der Waals surface area contributed by atoms with Gasteiger partial charge in [0.15, 0.2) is 0 Å². The zero-order valence-corrected chi connectivity index (χ0v) is 7.72. The molecule has 0 spiro atoms. The number of hydrogen-bond acceptors (Lipinski definition) is 2. The van der Waals surface area contributed by atoms with E-state index in [-0.39, 0.29) is 18.6 Å². The minimum absolute atomic E-state index is 0.125. The normalized spacial score (nSPS) is 16.4. The monoisotopic (exact) mass is 180 g/mol. The maximum atomic E-state index is 9.17. The van der Waals surface area contributed by atoms with Gasteiger partial charge in [0, 0.05) is 12.5 Å². The number of alkyl halides is 1. The fourth-order valence-electron chi connectivity index (χ4n) is 0.849. The second kappa shape index (κ2) is 6.89. The van der Waals surface area contributed by atoms with Gasteiger partial charge in [0.2, 0.25) is 0 Å². The van der Waals surface area contributed by atoms with Gasteiger partial charge < -0.3 is 10.2 Å². The van der Waals surface area contributed by atoms with Crippen molar-refractivity contribution in [3.63, 3.8) is 0 Å². The lowest BCUT2D eigenvalue weighted by Gasteiger charge is -2.12. The van der Waals surface area contributed by atoms with Gasteiger partial charge >= 0.3 is 0 Å². The van der Waals surface area contributed by atoms with Crippen LogP contribution in [0.3, 0.4) is 0 Å². The van der Waals surface area contributed by atoms with Crippen LogP contribution in [0.4, 0.5) is 0 Å². The van der Waals surface area contributed by atoms with Crippen LogP contribution in [0, 0.1) is 5.92 Å². The van der Waals surface area contributed by atoms with E-state index in [1.54, 1.807) is 0 Å². The Hall–Kier alpha value is 0.210. The average Bonchev–Trinajstić information content (AvgIpc) is 2.06. The van der Waals surface area contributed by atoms with Crippen LogP contribution in [0.2, 0.25) is 0 Å². The quantitative estimate of drug-likeness (QED) is 0.607. The third-order valence-electron chi connectivity index (χ3n) is 1.86. The summed E-state index contributed by atoms with van der Waals surface area (Å²) in [4.78, 5) is 0. The minimum atomic E-state index is -0.229. The molecule has 0 amide bonds. The smallest absolute Gasteiger partial charge is 0.0537 e. The van der Waals surface area contributed by atoms with Gasteiger partial charge in [0.1, 0.15) is 0 Å². The van der Waals surface area contributed by atoms with Gasteiger partial charge in [-0.05, 0) is 25.2 Å². The highest BCUT2D eigenvalue weighted by Gasteiger charge is 2.08. The van der Waals surface area contributed by atoms with Crippen molar-refractivity contribution in [3.8, 4) is 0 Å². The molecule has 68 valence electrons. The molecule has 11 heavy (non-hydrogen) atoms. The van der Waals surface area contributed by atoms with Crippen LogP contribution in [0.1, 0.15) is 26.2 Å². The molecule has 0 aromatic carbocycles. The van der Waals surface area contributed by atoms with Gasteiger partial charge in [0.05, 0.1) is 6.10 Å². The van der Waals surface area contributed by atoms with Crippen molar-refractivity contribution in [2.75, 3.05) is 12.5 Å². The first-order chi connectivity index (χ1) is 5.24. The van der Waals surface area contributed by atoms with Gasteiger partial charge in [-0.3, -0.25) is 0 Å². The molecule has 0 heterocycles. The SMILES string of the molecule is CCC(O)CCC(CO)CCl. The zero-order valence-electron chi connectivity index (χ0n) is 6.96. The lowest BCUT2D eigenvalue weighted by molar-refractivity contribution is 0.141. The fourth-order valence-corrected chi connectivity index (χ4v) is 1.10. The van der Waals surface area contributed by atoms with Crippen LogP contribution in [-0.4, -0.2) is 28.8 Å². The van der Waals surface area contributed by atoms with Crippen LogP contribution >= 0.6 is 11.6 Å². The average molecular weight is 181 g/mol. The van der Waals surface area contributed by atoms with Crippen molar-refractivity contribution in [1.29, 1.82) is 0 Å². The molecule has 0 radical (unpaired) electrons. The summed E-state index contributed by atoms with van der Waals surface area (Å²) >= 11 is 5.55. The van der Waals surface area contributed by atoms with E-state index >= 15 is 0 Å². The van der Waals surface area contributed by atoms with Crippen molar-refractivity contribution in [2.24, 2.45) is 5.92 Å². The Balaban J connectivity index is 3.34. The molecule has 2 atom stereocenters.